The molecule has 1 aliphatic heterocycles. The summed E-state index contributed by atoms with van der Waals surface area (Å²) in [4.78, 5) is 17.8. The summed E-state index contributed by atoms with van der Waals surface area (Å²) >= 11 is 0. The lowest BCUT2D eigenvalue weighted by atomic mass is 9.95. The fourth-order valence-corrected chi connectivity index (χ4v) is 2.38. The zero-order chi connectivity index (χ0) is 15.6. The van der Waals surface area contributed by atoms with Crippen molar-refractivity contribution >= 4 is 11.6 Å². The van der Waals surface area contributed by atoms with E-state index >= 15 is 0 Å². The highest BCUT2D eigenvalue weighted by molar-refractivity contribution is 6.05. The molecular weight excluding hydrogens is 280 g/mol. The molecule has 5 heteroatoms. The number of oxime groups is 1. The van der Waals surface area contributed by atoms with Gasteiger partial charge in [-0.1, -0.05) is 35.5 Å². The summed E-state index contributed by atoms with van der Waals surface area (Å²) in [6.45, 7) is 3.95. The van der Waals surface area contributed by atoms with Crippen LogP contribution in [0.5, 0.6) is 0 Å². The maximum Gasteiger partial charge on any atom is 0.267 e. The smallest absolute Gasteiger partial charge is 0.267 e. The first kappa shape index (κ1) is 14.4. The van der Waals surface area contributed by atoms with Gasteiger partial charge in [0.1, 0.15) is 11.5 Å². The highest BCUT2D eigenvalue weighted by Gasteiger charge is 2.42. The van der Waals surface area contributed by atoms with Gasteiger partial charge in [0, 0.05) is 6.42 Å². The Hall–Kier alpha value is -2.56. The molecule has 1 aliphatic rings. The third-order valence-electron chi connectivity index (χ3n) is 3.67. The summed E-state index contributed by atoms with van der Waals surface area (Å²) in [5, 5.41) is 6.91. The summed E-state index contributed by atoms with van der Waals surface area (Å²) in [5.41, 5.74) is 0.778. The van der Waals surface area contributed by atoms with Crippen molar-refractivity contribution in [3.63, 3.8) is 0 Å². The van der Waals surface area contributed by atoms with Crippen LogP contribution in [0.2, 0.25) is 0 Å². The van der Waals surface area contributed by atoms with Crippen LogP contribution in [0.15, 0.2) is 52.0 Å². The summed E-state index contributed by atoms with van der Waals surface area (Å²) < 4.78 is 5.44. The van der Waals surface area contributed by atoms with E-state index in [0.717, 1.165) is 22.8 Å². The number of amides is 1. The zero-order valence-corrected chi connectivity index (χ0v) is 12.6. The molecule has 2 heterocycles. The number of hydrogen-bond donors (Lipinski definition) is 1. The minimum atomic E-state index is -0.979. The molecule has 2 aromatic rings. The lowest BCUT2D eigenvalue weighted by molar-refractivity contribution is -0.142. The highest BCUT2D eigenvalue weighted by Crippen LogP contribution is 2.26. The van der Waals surface area contributed by atoms with Crippen LogP contribution >= 0.6 is 0 Å². The van der Waals surface area contributed by atoms with E-state index in [9.17, 15) is 4.79 Å². The van der Waals surface area contributed by atoms with E-state index in [2.05, 4.69) is 10.5 Å². The monoisotopic (exact) mass is 298 g/mol. The molecule has 1 N–H and O–H groups in total. The molecule has 0 unspecified atom stereocenters. The first-order chi connectivity index (χ1) is 10.6. The average Bonchev–Trinajstić information content (AvgIpc) is 3.13. The van der Waals surface area contributed by atoms with Gasteiger partial charge in [0.15, 0.2) is 0 Å². The molecule has 0 radical (unpaired) electrons. The number of aryl methyl sites for hydroxylation is 1. The van der Waals surface area contributed by atoms with Gasteiger partial charge in [-0.2, -0.15) is 0 Å². The first-order valence-corrected chi connectivity index (χ1v) is 7.21. The van der Waals surface area contributed by atoms with Crippen molar-refractivity contribution in [3.05, 3.63) is 59.5 Å². The van der Waals surface area contributed by atoms with E-state index in [0.29, 0.717) is 13.0 Å². The maximum atomic E-state index is 12.4. The second-order valence-electron chi connectivity index (χ2n) is 5.60. The van der Waals surface area contributed by atoms with Crippen LogP contribution in [-0.4, -0.2) is 17.2 Å². The van der Waals surface area contributed by atoms with Crippen molar-refractivity contribution in [2.24, 2.45) is 5.16 Å². The Balaban J connectivity index is 1.61. The largest absolute Gasteiger partial charge is 0.465 e. The predicted molar refractivity (Wildman–Crippen MR) is 82.4 cm³/mol. The molecule has 5 nitrogen and oxygen atoms in total. The van der Waals surface area contributed by atoms with Gasteiger partial charge in [0.2, 0.25) is 5.60 Å². The molecule has 1 aromatic carbocycles. The SMILES string of the molecule is Cc1ccc(CNC(=O)[C@@]2(C)CC(c3ccccc3)=NO2)o1. The average molecular weight is 298 g/mol. The molecular formula is C17H18N2O3. The van der Waals surface area contributed by atoms with Crippen molar-refractivity contribution in [3.8, 4) is 0 Å². The Morgan fingerprint density at radius 1 is 1.27 bits per heavy atom. The molecule has 0 fully saturated rings. The summed E-state index contributed by atoms with van der Waals surface area (Å²) in [7, 11) is 0. The second-order valence-corrected chi connectivity index (χ2v) is 5.60. The second kappa shape index (κ2) is 5.67. The van der Waals surface area contributed by atoms with Crippen molar-refractivity contribution in [2.45, 2.75) is 32.4 Å². The van der Waals surface area contributed by atoms with Crippen LogP contribution in [0.3, 0.4) is 0 Å². The van der Waals surface area contributed by atoms with Gasteiger partial charge in [-0.3, -0.25) is 4.79 Å². The number of furan rings is 1. The maximum absolute atomic E-state index is 12.4. The molecule has 0 saturated heterocycles. The topological polar surface area (TPSA) is 63.8 Å². The van der Waals surface area contributed by atoms with E-state index in [1.807, 2.05) is 49.4 Å². The minimum absolute atomic E-state index is 0.198. The normalized spacial score (nSPS) is 20.4. The number of nitrogens with zero attached hydrogens (tertiary/aromatic N) is 1. The number of carbonyl (C=O) groups is 1. The quantitative estimate of drug-likeness (QED) is 0.944. The Bertz CT molecular complexity index is 706. The summed E-state index contributed by atoms with van der Waals surface area (Å²) in [6.07, 6.45) is 0.444. The van der Waals surface area contributed by atoms with E-state index in [4.69, 9.17) is 9.25 Å². The standard InChI is InChI=1S/C17H18N2O3/c1-12-8-9-14(21-12)11-18-16(20)17(2)10-15(19-22-17)13-6-4-3-5-7-13/h3-9H,10-11H2,1-2H3,(H,18,20)/t17-/m1/s1. The van der Waals surface area contributed by atoms with E-state index < -0.39 is 5.60 Å². The molecule has 0 saturated carbocycles. The van der Waals surface area contributed by atoms with Crippen LogP contribution in [0.25, 0.3) is 0 Å². The fraction of sp³-hybridized carbons (Fsp3) is 0.294. The molecule has 3 rings (SSSR count). The van der Waals surface area contributed by atoms with Crippen LogP contribution in [0, 0.1) is 6.92 Å². The van der Waals surface area contributed by atoms with Crippen molar-refractivity contribution in [2.75, 3.05) is 0 Å². The molecule has 22 heavy (non-hydrogen) atoms. The Labute approximate surface area is 129 Å². The number of benzene rings is 1. The van der Waals surface area contributed by atoms with Gasteiger partial charge >= 0.3 is 0 Å². The molecule has 0 bridgehead atoms. The number of hydrogen-bond acceptors (Lipinski definition) is 4. The predicted octanol–water partition coefficient (Wildman–Crippen LogP) is 2.79. The van der Waals surface area contributed by atoms with Crippen LogP contribution in [0.4, 0.5) is 0 Å². The van der Waals surface area contributed by atoms with Gasteiger partial charge in [0.25, 0.3) is 5.91 Å². The summed E-state index contributed by atoms with van der Waals surface area (Å²) in [5.74, 6) is 1.34. The summed E-state index contributed by atoms with van der Waals surface area (Å²) in [6, 6.07) is 13.4. The van der Waals surface area contributed by atoms with E-state index in [-0.39, 0.29) is 5.91 Å². The molecule has 1 atom stereocenters. The Morgan fingerprint density at radius 2 is 2.05 bits per heavy atom. The first-order valence-electron chi connectivity index (χ1n) is 7.21. The van der Waals surface area contributed by atoms with Gasteiger partial charge < -0.3 is 14.6 Å². The van der Waals surface area contributed by atoms with Crippen molar-refractivity contribution in [1.29, 1.82) is 0 Å². The third kappa shape index (κ3) is 2.88. The molecule has 114 valence electrons. The number of carbonyl (C=O) groups excluding carboxylic acids is 1. The van der Waals surface area contributed by atoms with Crippen molar-refractivity contribution < 1.29 is 14.0 Å². The molecule has 0 aliphatic carbocycles. The van der Waals surface area contributed by atoms with Gasteiger partial charge in [-0.25, -0.2) is 0 Å². The van der Waals surface area contributed by atoms with Gasteiger partial charge in [0.05, 0.1) is 12.3 Å². The fourth-order valence-electron chi connectivity index (χ4n) is 2.38. The number of nitrogens with one attached hydrogen (secondary N) is 1. The Kier molecular flexibility index (Phi) is 3.71. The molecule has 1 aromatic heterocycles. The highest BCUT2D eigenvalue weighted by atomic mass is 16.7. The number of rotatable bonds is 4. The van der Waals surface area contributed by atoms with Crippen LogP contribution < -0.4 is 5.32 Å². The minimum Gasteiger partial charge on any atom is -0.465 e. The lowest BCUT2D eigenvalue weighted by Gasteiger charge is -2.20. The lowest BCUT2D eigenvalue weighted by Crippen LogP contribution is -2.44. The van der Waals surface area contributed by atoms with Gasteiger partial charge in [-0.05, 0) is 31.5 Å². The van der Waals surface area contributed by atoms with Gasteiger partial charge in [-0.15, -0.1) is 0 Å². The van der Waals surface area contributed by atoms with E-state index in [1.54, 1.807) is 6.92 Å². The zero-order valence-electron chi connectivity index (χ0n) is 12.6. The van der Waals surface area contributed by atoms with Crippen LogP contribution in [0.1, 0.15) is 30.4 Å². The van der Waals surface area contributed by atoms with E-state index in [1.165, 1.54) is 0 Å². The van der Waals surface area contributed by atoms with Crippen LogP contribution in [-0.2, 0) is 16.2 Å². The molecule has 1 amide bonds. The molecule has 0 spiro atoms. The Morgan fingerprint density at radius 3 is 2.73 bits per heavy atom. The van der Waals surface area contributed by atoms with Crippen molar-refractivity contribution in [1.82, 2.24) is 5.32 Å². The third-order valence-corrected chi connectivity index (χ3v) is 3.67.